The highest BCUT2D eigenvalue weighted by atomic mass is 16.6. The second-order valence-electron chi connectivity index (χ2n) is 6.27. The molecule has 5 nitrogen and oxygen atoms in total. The monoisotopic (exact) mass is 315 g/mol. The summed E-state index contributed by atoms with van der Waals surface area (Å²) in [6.45, 7) is 7.97. The first kappa shape index (κ1) is 16.2. The third-order valence-corrected chi connectivity index (χ3v) is 4.02. The van der Waals surface area contributed by atoms with E-state index in [9.17, 15) is 0 Å². The molecule has 1 aliphatic rings. The van der Waals surface area contributed by atoms with E-state index in [0.717, 1.165) is 30.2 Å². The summed E-state index contributed by atoms with van der Waals surface area (Å²) in [6.07, 6.45) is 0.174. The van der Waals surface area contributed by atoms with Crippen LogP contribution in [0.4, 0.5) is 0 Å². The summed E-state index contributed by atoms with van der Waals surface area (Å²) in [7, 11) is 2.12. The first-order valence-electron chi connectivity index (χ1n) is 8.12. The van der Waals surface area contributed by atoms with Crippen molar-refractivity contribution in [2.45, 2.75) is 26.5 Å². The second-order valence-corrected chi connectivity index (χ2v) is 6.27. The molecule has 0 unspecified atom stereocenters. The second kappa shape index (κ2) is 7.25. The van der Waals surface area contributed by atoms with E-state index >= 15 is 0 Å². The van der Waals surface area contributed by atoms with Crippen LogP contribution < -0.4 is 0 Å². The van der Waals surface area contributed by atoms with E-state index in [1.54, 1.807) is 0 Å². The van der Waals surface area contributed by atoms with Crippen LogP contribution in [0.1, 0.15) is 17.0 Å². The number of hydrogen-bond donors (Lipinski definition) is 0. The van der Waals surface area contributed by atoms with E-state index in [4.69, 9.17) is 9.47 Å². The summed E-state index contributed by atoms with van der Waals surface area (Å²) in [5.41, 5.74) is 4.58. The molecule has 23 heavy (non-hydrogen) atoms. The number of aromatic nitrogens is 2. The molecule has 0 saturated carbocycles. The third kappa shape index (κ3) is 4.19. The molecule has 0 amide bonds. The van der Waals surface area contributed by atoms with Crippen molar-refractivity contribution in [3.05, 3.63) is 47.3 Å². The number of aryl methyl sites for hydroxylation is 2. The highest BCUT2D eigenvalue weighted by Crippen LogP contribution is 2.15. The van der Waals surface area contributed by atoms with Crippen LogP contribution in [-0.2, 0) is 16.0 Å². The molecule has 2 aromatic rings. The van der Waals surface area contributed by atoms with Gasteiger partial charge in [-0.3, -0.25) is 4.90 Å². The van der Waals surface area contributed by atoms with Crippen LogP contribution in [0.2, 0.25) is 0 Å². The SMILES string of the molecule is Cc1cc(C)n(-c2cccc(CN(C)C[C@@H]3COCCO3)c2)n1. The smallest absolute Gasteiger partial charge is 0.0936 e. The Morgan fingerprint density at radius 1 is 1.26 bits per heavy atom. The molecule has 2 heterocycles. The lowest BCUT2D eigenvalue weighted by Crippen LogP contribution is -2.38. The van der Waals surface area contributed by atoms with Gasteiger partial charge in [0.05, 0.1) is 37.3 Å². The minimum Gasteiger partial charge on any atom is -0.376 e. The first-order valence-corrected chi connectivity index (χ1v) is 8.12. The zero-order chi connectivity index (χ0) is 16.2. The normalized spacial score (nSPS) is 18.5. The average Bonchev–Trinajstić information content (AvgIpc) is 2.87. The summed E-state index contributed by atoms with van der Waals surface area (Å²) in [5, 5.41) is 4.56. The molecule has 1 atom stereocenters. The maximum absolute atomic E-state index is 5.72. The van der Waals surface area contributed by atoms with Gasteiger partial charge in [-0.2, -0.15) is 5.10 Å². The number of benzene rings is 1. The van der Waals surface area contributed by atoms with Crippen molar-refractivity contribution in [1.82, 2.24) is 14.7 Å². The van der Waals surface area contributed by atoms with Crippen molar-refractivity contribution >= 4 is 0 Å². The molecular formula is C18H25N3O2. The third-order valence-electron chi connectivity index (χ3n) is 4.02. The summed E-state index contributed by atoms with van der Waals surface area (Å²) < 4.78 is 13.2. The van der Waals surface area contributed by atoms with Crippen molar-refractivity contribution in [1.29, 1.82) is 0 Å². The fraction of sp³-hybridized carbons (Fsp3) is 0.500. The van der Waals surface area contributed by atoms with Crippen molar-refractivity contribution in [3.8, 4) is 5.69 Å². The van der Waals surface area contributed by atoms with Crippen LogP contribution in [0.5, 0.6) is 0 Å². The van der Waals surface area contributed by atoms with Gasteiger partial charge in [-0.15, -0.1) is 0 Å². The molecule has 1 fully saturated rings. The largest absolute Gasteiger partial charge is 0.376 e. The Balaban J connectivity index is 1.66. The van der Waals surface area contributed by atoms with Gasteiger partial charge in [0.1, 0.15) is 0 Å². The molecular weight excluding hydrogens is 290 g/mol. The fourth-order valence-corrected chi connectivity index (χ4v) is 3.04. The van der Waals surface area contributed by atoms with Gasteiger partial charge in [0.25, 0.3) is 0 Å². The lowest BCUT2D eigenvalue weighted by Gasteiger charge is -2.27. The Kier molecular flexibility index (Phi) is 5.10. The van der Waals surface area contributed by atoms with Crippen molar-refractivity contribution in [2.24, 2.45) is 0 Å². The standard InChI is InChI=1S/C18H25N3O2/c1-14-9-15(2)21(19-14)17-6-4-5-16(10-17)11-20(3)12-18-13-22-7-8-23-18/h4-6,9-10,18H,7-8,11-13H2,1-3H3/t18-/m1/s1. The molecule has 1 aromatic carbocycles. The maximum atomic E-state index is 5.72. The molecule has 0 N–H and O–H groups in total. The predicted molar refractivity (Wildman–Crippen MR) is 89.9 cm³/mol. The van der Waals surface area contributed by atoms with E-state index in [1.165, 1.54) is 5.56 Å². The molecule has 1 aliphatic heterocycles. The van der Waals surface area contributed by atoms with E-state index in [-0.39, 0.29) is 6.10 Å². The van der Waals surface area contributed by atoms with Crippen molar-refractivity contribution in [3.63, 3.8) is 0 Å². The number of rotatable bonds is 5. The zero-order valence-corrected chi connectivity index (χ0v) is 14.2. The van der Waals surface area contributed by atoms with E-state index in [0.29, 0.717) is 19.8 Å². The summed E-state index contributed by atoms with van der Waals surface area (Å²) in [6, 6.07) is 10.6. The zero-order valence-electron chi connectivity index (χ0n) is 14.2. The van der Waals surface area contributed by atoms with Gasteiger partial charge in [0.2, 0.25) is 0 Å². The van der Waals surface area contributed by atoms with Gasteiger partial charge in [-0.1, -0.05) is 12.1 Å². The molecule has 5 heteroatoms. The lowest BCUT2D eigenvalue weighted by atomic mass is 10.2. The van der Waals surface area contributed by atoms with Gasteiger partial charge < -0.3 is 9.47 Å². The lowest BCUT2D eigenvalue weighted by molar-refractivity contribution is -0.0962. The van der Waals surface area contributed by atoms with E-state index in [2.05, 4.69) is 54.3 Å². The Hall–Kier alpha value is -1.69. The highest BCUT2D eigenvalue weighted by molar-refractivity contribution is 5.37. The Morgan fingerprint density at radius 3 is 2.83 bits per heavy atom. The number of hydrogen-bond acceptors (Lipinski definition) is 4. The molecule has 1 aromatic heterocycles. The number of nitrogens with zero attached hydrogens (tertiary/aromatic N) is 3. The molecule has 0 radical (unpaired) electrons. The summed E-state index contributed by atoms with van der Waals surface area (Å²) >= 11 is 0. The minimum atomic E-state index is 0.174. The number of likely N-dealkylation sites (N-methyl/N-ethyl adjacent to an activating group) is 1. The van der Waals surface area contributed by atoms with Gasteiger partial charge in [0, 0.05) is 18.8 Å². The molecule has 3 rings (SSSR count). The van der Waals surface area contributed by atoms with E-state index in [1.807, 2.05) is 11.6 Å². The summed E-state index contributed by atoms with van der Waals surface area (Å²) in [5.74, 6) is 0. The average molecular weight is 315 g/mol. The van der Waals surface area contributed by atoms with Crippen molar-refractivity contribution in [2.75, 3.05) is 33.4 Å². The van der Waals surface area contributed by atoms with Crippen LogP contribution in [0, 0.1) is 13.8 Å². The highest BCUT2D eigenvalue weighted by Gasteiger charge is 2.16. The fourth-order valence-electron chi connectivity index (χ4n) is 3.04. The van der Waals surface area contributed by atoms with Crippen LogP contribution in [0.3, 0.4) is 0 Å². The Labute approximate surface area is 137 Å². The van der Waals surface area contributed by atoms with Crippen LogP contribution >= 0.6 is 0 Å². The van der Waals surface area contributed by atoms with E-state index < -0.39 is 0 Å². The molecule has 0 spiro atoms. The number of ether oxygens (including phenoxy) is 2. The molecule has 0 bridgehead atoms. The van der Waals surface area contributed by atoms with Gasteiger partial charge >= 0.3 is 0 Å². The minimum absolute atomic E-state index is 0.174. The Morgan fingerprint density at radius 2 is 2.13 bits per heavy atom. The molecule has 0 aliphatic carbocycles. The molecule has 1 saturated heterocycles. The van der Waals surface area contributed by atoms with Crippen molar-refractivity contribution < 1.29 is 9.47 Å². The summed E-state index contributed by atoms with van der Waals surface area (Å²) in [4.78, 5) is 2.28. The topological polar surface area (TPSA) is 39.5 Å². The van der Waals surface area contributed by atoms with Gasteiger partial charge in [-0.25, -0.2) is 4.68 Å². The van der Waals surface area contributed by atoms with Crippen LogP contribution in [0.25, 0.3) is 5.69 Å². The quantitative estimate of drug-likeness (QED) is 0.849. The predicted octanol–water partition coefficient (Wildman–Crippen LogP) is 2.34. The first-order chi connectivity index (χ1) is 11.1. The van der Waals surface area contributed by atoms with Crippen LogP contribution in [0.15, 0.2) is 30.3 Å². The van der Waals surface area contributed by atoms with Crippen LogP contribution in [-0.4, -0.2) is 54.2 Å². The Bertz CT molecular complexity index is 647. The van der Waals surface area contributed by atoms with Gasteiger partial charge in [-0.05, 0) is 44.7 Å². The maximum Gasteiger partial charge on any atom is 0.0936 e. The molecule has 124 valence electrons. The van der Waals surface area contributed by atoms with Gasteiger partial charge in [0.15, 0.2) is 0 Å².